The van der Waals surface area contributed by atoms with E-state index in [1.807, 2.05) is 51.1 Å². The quantitative estimate of drug-likeness (QED) is 0.337. The number of unbranched alkanes of at least 4 members (excludes halogenated alkanes) is 1. The summed E-state index contributed by atoms with van der Waals surface area (Å²) >= 11 is 0. The van der Waals surface area contributed by atoms with Gasteiger partial charge in [-0.05, 0) is 62.6 Å². The van der Waals surface area contributed by atoms with E-state index in [2.05, 4.69) is 5.32 Å². The molecule has 1 N–H and O–H groups in total. The molecule has 2 amide bonds. The fraction of sp³-hybridized carbons (Fsp3) is 0.333. The van der Waals surface area contributed by atoms with E-state index in [0.717, 1.165) is 33.8 Å². The number of carbonyl (C=O) groups is 2. The number of carbonyl (C=O) groups excluding carboxylic acids is 2. The molecule has 0 radical (unpaired) electrons. The van der Waals surface area contributed by atoms with Crippen molar-refractivity contribution in [3.63, 3.8) is 0 Å². The number of aryl methyl sites for hydroxylation is 2. The van der Waals surface area contributed by atoms with Crippen LogP contribution in [0, 0.1) is 13.8 Å². The summed E-state index contributed by atoms with van der Waals surface area (Å²) in [5, 5.41) is 2.90. The first kappa shape index (κ1) is 28.9. The molecule has 38 heavy (non-hydrogen) atoms. The van der Waals surface area contributed by atoms with Crippen LogP contribution in [-0.2, 0) is 26.2 Å². The second kappa shape index (κ2) is 13.2. The van der Waals surface area contributed by atoms with Gasteiger partial charge in [-0.1, -0.05) is 73.5 Å². The van der Waals surface area contributed by atoms with Gasteiger partial charge in [-0.15, -0.1) is 0 Å². The summed E-state index contributed by atoms with van der Waals surface area (Å²) in [6.45, 7) is 7.79. The zero-order chi connectivity index (χ0) is 27.7. The standard InChI is InChI=1S/C30H37N3O4S/c1-5-6-18-31-30(35)25(4)32(21-26-14-10-12-23(2)19-26)29(34)22-33(27-15-11-13-24(3)20-27)38(36,37)28-16-8-7-9-17-28/h7-17,19-20,25H,5-6,18,21-22H2,1-4H3,(H,31,35). The number of nitrogens with one attached hydrogen (secondary N) is 1. The molecule has 3 aromatic rings. The molecule has 0 aliphatic carbocycles. The molecule has 0 aromatic heterocycles. The molecule has 8 heteroatoms. The van der Waals surface area contributed by atoms with Crippen LogP contribution in [0.1, 0.15) is 43.4 Å². The van der Waals surface area contributed by atoms with Gasteiger partial charge in [-0.25, -0.2) is 8.42 Å². The number of sulfonamides is 1. The number of anilines is 1. The summed E-state index contributed by atoms with van der Waals surface area (Å²) in [5.41, 5.74) is 3.14. The molecule has 1 atom stereocenters. The van der Waals surface area contributed by atoms with Crippen molar-refractivity contribution < 1.29 is 18.0 Å². The van der Waals surface area contributed by atoms with Gasteiger partial charge in [0.2, 0.25) is 11.8 Å². The molecular formula is C30H37N3O4S. The van der Waals surface area contributed by atoms with Crippen molar-refractivity contribution in [1.29, 1.82) is 0 Å². The Labute approximate surface area is 226 Å². The number of hydrogen-bond acceptors (Lipinski definition) is 4. The fourth-order valence-electron chi connectivity index (χ4n) is 4.16. The van der Waals surface area contributed by atoms with Crippen molar-refractivity contribution in [3.05, 3.63) is 95.6 Å². The van der Waals surface area contributed by atoms with E-state index in [0.29, 0.717) is 12.2 Å². The molecule has 0 spiro atoms. The van der Waals surface area contributed by atoms with Crippen molar-refractivity contribution in [1.82, 2.24) is 10.2 Å². The molecule has 202 valence electrons. The number of nitrogens with zero attached hydrogens (tertiary/aromatic N) is 2. The van der Waals surface area contributed by atoms with Gasteiger partial charge in [-0.3, -0.25) is 13.9 Å². The third kappa shape index (κ3) is 7.44. The van der Waals surface area contributed by atoms with Gasteiger partial charge in [0.1, 0.15) is 12.6 Å². The van der Waals surface area contributed by atoms with Crippen molar-refractivity contribution >= 4 is 27.5 Å². The van der Waals surface area contributed by atoms with Crippen molar-refractivity contribution in [2.75, 3.05) is 17.4 Å². The van der Waals surface area contributed by atoms with E-state index < -0.39 is 28.5 Å². The van der Waals surface area contributed by atoms with Gasteiger partial charge in [0.05, 0.1) is 10.6 Å². The molecule has 3 aromatic carbocycles. The Hall–Kier alpha value is -3.65. The van der Waals surface area contributed by atoms with Crippen molar-refractivity contribution in [2.45, 2.75) is 58.0 Å². The zero-order valence-corrected chi connectivity index (χ0v) is 23.4. The third-order valence-corrected chi connectivity index (χ3v) is 8.12. The Morgan fingerprint density at radius 2 is 1.55 bits per heavy atom. The van der Waals surface area contributed by atoms with Crippen LogP contribution < -0.4 is 9.62 Å². The predicted octanol–water partition coefficient (Wildman–Crippen LogP) is 4.83. The highest BCUT2D eigenvalue weighted by molar-refractivity contribution is 7.92. The molecule has 0 saturated heterocycles. The second-order valence-corrected chi connectivity index (χ2v) is 11.4. The van der Waals surface area contributed by atoms with Crippen LogP contribution in [-0.4, -0.2) is 44.3 Å². The van der Waals surface area contributed by atoms with Gasteiger partial charge in [0.25, 0.3) is 10.0 Å². The smallest absolute Gasteiger partial charge is 0.264 e. The maximum Gasteiger partial charge on any atom is 0.264 e. The minimum absolute atomic E-state index is 0.0879. The SMILES string of the molecule is CCCCNC(=O)C(C)N(Cc1cccc(C)c1)C(=O)CN(c1cccc(C)c1)S(=O)(=O)c1ccccc1. The average molecular weight is 536 g/mol. The van der Waals surface area contributed by atoms with Gasteiger partial charge < -0.3 is 10.2 Å². The van der Waals surface area contributed by atoms with Gasteiger partial charge in [-0.2, -0.15) is 0 Å². The molecule has 0 bridgehead atoms. The topological polar surface area (TPSA) is 86.8 Å². The maximum atomic E-state index is 13.9. The molecular weight excluding hydrogens is 498 g/mol. The zero-order valence-electron chi connectivity index (χ0n) is 22.6. The Morgan fingerprint density at radius 3 is 2.18 bits per heavy atom. The van der Waals surface area contributed by atoms with Crippen molar-refractivity contribution in [3.8, 4) is 0 Å². The van der Waals surface area contributed by atoms with E-state index in [-0.39, 0.29) is 17.3 Å². The first-order valence-electron chi connectivity index (χ1n) is 12.9. The normalized spacial score (nSPS) is 12.0. The third-order valence-electron chi connectivity index (χ3n) is 6.33. The minimum Gasteiger partial charge on any atom is -0.354 e. The summed E-state index contributed by atoms with van der Waals surface area (Å²) in [6, 6.07) is 22.0. The lowest BCUT2D eigenvalue weighted by molar-refractivity contribution is -0.139. The van der Waals surface area contributed by atoms with Gasteiger partial charge >= 0.3 is 0 Å². The highest BCUT2D eigenvalue weighted by Gasteiger charge is 2.32. The van der Waals surface area contributed by atoms with Crippen LogP contribution in [0.5, 0.6) is 0 Å². The average Bonchev–Trinajstić information content (AvgIpc) is 2.90. The second-order valence-electron chi connectivity index (χ2n) is 9.49. The van der Waals surface area contributed by atoms with Crippen LogP contribution in [0.2, 0.25) is 0 Å². The molecule has 0 fully saturated rings. The van der Waals surface area contributed by atoms with E-state index in [1.54, 1.807) is 43.3 Å². The summed E-state index contributed by atoms with van der Waals surface area (Å²) in [5.74, 6) is -0.738. The van der Waals surface area contributed by atoms with E-state index >= 15 is 0 Å². The molecule has 1 unspecified atom stereocenters. The largest absolute Gasteiger partial charge is 0.354 e. The van der Waals surface area contributed by atoms with Crippen LogP contribution in [0.4, 0.5) is 5.69 Å². The predicted molar refractivity (Wildman–Crippen MR) is 151 cm³/mol. The lowest BCUT2D eigenvalue weighted by Gasteiger charge is -2.32. The van der Waals surface area contributed by atoms with E-state index in [1.165, 1.54) is 17.0 Å². The number of amides is 2. The summed E-state index contributed by atoms with van der Waals surface area (Å²) in [4.78, 5) is 28.4. The first-order valence-corrected chi connectivity index (χ1v) is 14.3. The minimum atomic E-state index is -4.06. The lowest BCUT2D eigenvalue weighted by Crippen LogP contribution is -2.51. The fourth-order valence-corrected chi connectivity index (χ4v) is 5.58. The van der Waals surface area contributed by atoms with E-state index in [4.69, 9.17) is 0 Å². The highest BCUT2D eigenvalue weighted by atomic mass is 32.2. The number of hydrogen-bond donors (Lipinski definition) is 1. The van der Waals surface area contributed by atoms with Gasteiger partial charge in [0, 0.05) is 13.1 Å². The Bertz CT molecular complexity index is 1340. The lowest BCUT2D eigenvalue weighted by atomic mass is 10.1. The summed E-state index contributed by atoms with van der Waals surface area (Å²) in [6.07, 6.45) is 1.77. The molecule has 3 rings (SSSR count). The first-order chi connectivity index (χ1) is 18.1. The Balaban J connectivity index is 1.99. The van der Waals surface area contributed by atoms with Gasteiger partial charge in [0.15, 0.2) is 0 Å². The molecule has 0 aliphatic heterocycles. The number of rotatable bonds is 12. The molecule has 0 aliphatic rings. The highest BCUT2D eigenvalue weighted by Crippen LogP contribution is 2.25. The van der Waals surface area contributed by atoms with E-state index in [9.17, 15) is 18.0 Å². The molecule has 0 heterocycles. The Kier molecular flexibility index (Phi) is 10.1. The van der Waals surface area contributed by atoms with Crippen LogP contribution in [0.3, 0.4) is 0 Å². The van der Waals surface area contributed by atoms with Crippen LogP contribution in [0.25, 0.3) is 0 Å². The monoisotopic (exact) mass is 535 g/mol. The molecule has 7 nitrogen and oxygen atoms in total. The van der Waals surface area contributed by atoms with Crippen molar-refractivity contribution in [2.24, 2.45) is 0 Å². The maximum absolute atomic E-state index is 13.9. The van der Waals surface area contributed by atoms with Crippen LogP contribution >= 0.6 is 0 Å². The summed E-state index contributed by atoms with van der Waals surface area (Å²) in [7, 11) is -4.06. The molecule has 0 saturated carbocycles. The summed E-state index contributed by atoms with van der Waals surface area (Å²) < 4.78 is 28.6. The number of benzene rings is 3. The Morgan fingerprint density at radius 1 is 0.895 bits per heavy atom. The van der Waals surface area contributed by atoms with Crippen LogP contribution in [0.15, 0.2) is 83.8 Å².